The van der Waals surface area contributed by atoms with Gasteiger partial charge in [0.1, 0.15) is 0 Å². The molecule has 10 nitrogen and oxygen atoms in total. The number of nitrogens with zero attached hydrogens (tertiary/aromatic N) is 3. The minimum atomic E-state index is -1.46. The fraction of sp³-hybridized carbons (Fsp3) is 0.240. The number of carboxylic acid groups (broad SMARTS) is 1. The summed E-state index contributed by atoms with van der Waals surface area (Å²) in [5.74, 6) is -1.46. The van der Waals surface area contributed by atoms with Crippen LogP contribution in [0, 0.1) is 34.1 Å². The summed E-state index contributed by atoms with van der Waals surface area (Å²) in [6, 6.07) is 17.7. The molecular formula is C25H26N4O6S. The van der Waals surface area contributed by atoms with Gasteiger partial charge in [0.05, 0.1) is 27.2 Å². The van der Waals surface area contributed by atoms with Crippen LogP contribution in [0.2, 0.25) is 0 Å². The molecule has 0 atom stereocenters. The highest BCUT2D eigenvalue weighted by Gasteiger charge is 2.19. The predicted molar refractivity (Wildman–Crippen MR) is 138 cm³/mol. The summed E-state index contributed by atoms with van der Waals surface area (Å²) in [7, 11) is 0. The van der Waals surface area contributed by atoms with Crippen molar-refractivity contribution < 1.29 is 19.7 Å². The van der Waals surface area contributed by atoms with Crippen LogP contribution in [0.1, 0.15) is 21.5 Å². The van der Waals surface area contributed by atoms with E-state index in [9.17, 15) is 25.0 Å². The average molecular weight is 511 g/mol. The topological polar surface area (TPSA) is 139 Å². The number of hydrogen-bond donors (Lipinski definition) is 2. The maximum Gasteiger partial charge on any atom is 0.336 e. The number of rotatable bonds is 6. The number of aryl methyl sites for hydroxylation is 2. The third-order valence-electron chi connectivity index (χ3n) is 5.44. The van der Waals surface area contributed by atoms with Crippen LogP contribution in [0.5, 0.6) is 0 Å². The van der Waals surface area contributed by atoms with Crippen molar-refractivity contribution in [3.05, 3.63) is 97.6 Å². The Kier molecular flexibility index (Phi) is 8.98. The van der Waals surface area contributed by atoms with E-state index in [0.717, 1.165) is 38.3 Å². The normalized spacial score (nSPS) is 12.9. The van der Waals surface area contributed by atoms with E-state index in [0.29, 0.717) is 6.07 Å². The first-order valence-electron chi connectivity index (χ1n) is 11.1. The van der Waals surface area contributed by atoms with Gasteiger partial charge >= 0.3 is 5.97 Å². The summed E-state index contributed by atoms with van der Waals surface area (Å²) < 4.78 is 0. The predicted octanol–water partition coefficient (Wildman–Crippen LogP) is 5.07. The zero-order valence-electron chi connectivity index (χ0n) is 19.8. The van der Waals surface area contributed by atoms with Crippen LogP contribution in [-0.4, -0.2) is 47.1 Å². The van der Waals surface area contributed by atoms with E-state index in [1.54, 1.807) is 0 Å². The quantitative estimate of drug-likeness (QED) is 0.344. The van der Waals surface area contributed by atoms with Crippen LogP contribution in [0.4, 0.5) is 17.1 Å². The molecule has 1 saturated heterocycles. The average Bonchev–Trinajstić information content (AvgIpc) is 2.86. The number of nitro benzene ring substituents is 2. The fourth-order valence-corrected chi connectivity index (χ4v) is 4.71. The number of nitrogens with one attached hydrogen (secondary N) is 1. The minimum Gasteiger partial charge on any atom is -0.478 e. The molecule has 2 N–H and O–H groups in total. The molecule has 0 amide bonds. The maximum absolute atomic E-state index is 10.5. The highest BCUT2D eigenvalue weighted by atomic mass is 32.2. The van der Waals surface area contributed by atoms with E-state index in [1.165, 1.54) is 26.6 Å². The number of hydrogen-bond acceptors (Lipinski definition) is 8. The van der Waals surface area contributed by atoms with Crippen LogP contribution in [0.15, 0.2) is 70.5 Å². The van der Waals surface area contributed by atoms with Crippen LogP contribution in [0.25, 0.3) is 0 Å². The largest absolute Gasteiger partial charge is 0.478 e. The van der Waals surface area contributed by atoms with Crippen molar-refractivity contribution >= 4 is 34.8 Å². The molecule has 11 heteroatoms. The second kappa shape index (κ2) is 12.1. The number of benzene rings is 3. The molecule has 0 saturated carbocycles. The Morgan fingerprint density at radius 2 is 1.53 bits per heavy atom. The van der Waals surface area contributed by atoms with Crippen LogP contribution >= 0.6 is 11.8 Å². The van der Waals surface area contributed by atoms with Crippen LogP contribution in [0.3, 0.4) is 0 Å². The van der Waals surface area contributed by atoms with E-state index in [4.69, 9.17) is 5.11 Å². The van der Waals surface area contributed by atoms with E-state index in [1.807, 2.05) is 11.8 Å². The molecule has 0 bridgehead atoms. The summed E-state index contributed by atoms with van der Waals surface area (Å²) in [5.41, 5.74) is 2.31. The molecule has 3 aromatic rings. The van der Waals surface area contributed by atoms with E-state index in [2.05, 4.69) is 66.5 Å². The van der Waals surface area contributed by atoms with Gasteiger partial charge in [0.2, 0.25) is 0 Å². The standard InChI is InChI=1S/C18H22N2S.C7H4N2O6/c1-14-7-8-17(15(2)13-14)21-18-6-4-3-5-16(18)20-11-9-19-10-12-20;10-7(11)4-1-5(8(12)13)3-6(2-4)9(14)15/h3-8,13,19H,9-12H2,1-2H3;1-3H,(H,10,11). The monoisotopic (exact) mass is 510 g/mol. The highest BCUT2D eigenvalue weighted by Crippen LogP contribution is 2.37. The zero-order chi connectivity index (χ0) is 26.2. The molecule has 3 aromatic carbocycles. The number of piperazine rings is 1. The van der Waals surface area contributed by atoms with Crippen molar-refractivity contribution in [1.82, 2.24) is 5.32 Å². The van der Waals surface area contributed by atoms with Crippen molar-refractivity contribution in [2.24, 2.45) is 0 Å². The number of carbonyl (C=O) groups is 1. The molecule has 188 valence electrons. The van der Waals surface area contributed by atoms with E-state index >= 15 is 0 Å². The van der Waals surface area contributed by atoms with Crippen molar-refractivity contribution in [2.45, 2.75) is 23.6 Å². The van der Waals surface area contributed by atoms with Crippen LogP contribution in [-0.2, 0) is 0 Å². The number of aromatic carboxylic acids is 1. The minimum absolute atomic E-state index is 0.490. The third-order valence-corrected chi connectivity index (χ3v) is 6.69. The van der Waals surface area contributed by atoms with Gasteiger partial charge in [-0.15, -0.1) is 0 Å². The van der Waals surface area contributed by atoms with Gasteiger partial charge in [0, 0.05) is 48.1 Å². The molecule has 1 aliphatic heterocycles. The lowest BCUT2D eigenvalue weighted by molar-refractivity contribution is -0.394. The molecule has 0 aromatic heterocycles. The van der Waals surface area contributed by atoms with Gasteiger partial charge in [-0.25, -0.2) is 4.79 Å². The molecule has 1 aliphatic rings. The Hall–Kier alpha value is -3.96. The lowest BCUT2D eigenvalue weighted by Crippen LogP contribution is -2.43. The second-order valence-electron chi connectivity index (χ2n) is 8.13. The summed E-state index contributed by atoms with van der Waals surface area (Å²) in [6.45, 7) is 8.67. The first kappa shape index (κ1) is 26.6. The first-order chi connectivity index (χ1) is 17.2. The fourth-order valence-electron chi connectivity index (χ4n) is 3.67. The number of nitro groups is 2. The van der Waals surface area contributed by atoms with Gasteiger partial charge < -0.3 is 15.3 Å². The molecule has 1 fully saturated rings. The zero-order valence-corrected chi connectivity index (χ0v) is 20.7. The molecule has 1 heterocycles. The van der Waals surface area contributed by atoms with E-state index < -0.39 is 32.8 Å². The number of anilines is 1. The van der Waals surface area contributed by atoms with Gasteiger partial charge in [0.25, 0.3) is 11.4 Å². The smallest absolute Gasteiger partial charge is 0.336 e. The highest BCUT2D eigenvalue weighted by molar-refractivity contribution is 7.99. The van der Waals surface area contributed by atoms with Crippen molar-refractivity contribution in [3.63, 3.8) is 0 Å². The molecule has 0 radical (unpaired) electrons. The number of carboxylic acids is 1. The lowest BCUT2D eigenvalue weighted by Gasteiger charge is -2.31. The van der Waals surface area contributed by atoms with Crippen molar-refractivity contribution in [2.75, 3.05) is 31.1 Å². The molecule has 0 spiro atoms. The maximum atomic E-state index is 10.5. The molecule has 36 heavy (non-hydrogen) atoms. The van der Waals surface area contributed by atoms with Gasteiger partial charge in [-0.1, -0.05) is 41.6 Å². The molecular weight excluding hydrogens is 484 g/mol. The van der Waals surface area contributed by atoms with Gasteiger partial charge in [-0.2, -0.15) is 0 Å². The van der Waals surface area contributed by atoms with E-state index in [-0.39, 0.29) is 0 Å². The van der Waals surface area contributed by atoms with Gasteiger partial charge in [-0.05, 0) is 37.6 Å². The molecule has 0 aliphatic carbocycles. The number of non-ortho nitro benzene ring substituents is 2. The van der Waals surface area contributed by atoms with Crippen molar-refractivity contribution in [1.29, 1.82) is 0 Å². The lowest BCUT2D eigenvalue weighted by atomic mass is 10.2. The first-order valence-corrected chi connectivity index (χ1v) is 11.9. The summed E-state index contributed by atoms with van der Waals surface area (Å²) >= 11 is 1.88. The Morgan fingerprint density at radius 3 is 2.08 bits per heavy atom. The van der Waals surface area contributed by atoms with Gasteiger partial charge in [-0.3, -0.25) is 20.2 Å². The summed E-state index contributed by atoms with van der Waals surface area (Å²) in [4.78, 5) is 34.6. The van der Waals surface area contributed by atoms with Crippen LogP contribution < -0.4 is 10.2 Å². The Bertz CT molecular complexity index is 1200. The summed E-state index contributed by atoms with van der Waals surface area (Å²) in [5, 5.41) is 32.7. The molecule has 4 rings (SSSR count). The van der Waals surface area contributed by atoms with Gasteiger partial charge in [0.15, 0.2) is 0 Å². The Labute approximate surface area is 212 Å². The Balaban J connectivity index is 0.000000214. The SMILES string of the molecule is Cc1ccc(Sc2ccccc2N2CCNCC2)c(C)c1.O=C(O)c1cc([N+](=O)[O-])cc([N+](=O)[O-])c1. The second-order valence-corrected chi connectivity index (χ2v) is 9.22. The number of para-hydroxylation sites is 1. The van der Waals surface area contributed by atoms with Crippen molar-refractivity contribution in [3.8, 4) is 0 Å². The Morgan fingerprint density at radius 1 is 0.917 bits per heavy atom. The third kappa shape index (κ3) is 7.03. The summed E-state index contributed by atoms with van der Waals surface area (Å²) in [6.07, 6.45) is 0. The molecule has 0 unspecified atom stereocenters.